The van der Waals surface area contributed by atoms with Gasteiger partial charge in [0.2, 0.25) is 0 Å². The maximum absolute atomic E-state index is 11.1. The highest BCUT2D eigenvalue weighted by molar-refractivity contribution is 5.77. The maximum atomic E-state index is 11.1. The van der Waals surface area contributed by atoms with Crippen LogP contribution in [0.4, 0.5) is 0 Å². The normalized spacial score (nSPS) is 11.8. The van der Waals surface area contributed by atoms with Gasteiger partial charge < -0.3 is 9.58 Å². The molecule has 0 aromatic carbocycles. The number of ether oxygens (including phenoxy) is 1. The van der Waals surface area contributed by atoms with Gasteiger partial charge in [-0.2, -0.15) is 0 Å². The number of rotatable bonds is 8. The Kier molecular flexibility index (Phi) is 8.85. The van der Waals surface area contributed by atoms with E-state index in [9.17, 15) is 4.79 Å². The summed E-state index contributed by atoms with van der Waals surface area (Å²) in [5.74, 6) is -0.390. The van der Waals surface area contributed by atoms with Crippen LogP contribution in [0.5, 0.6) is 0 Å². The molecule has 0 aliphatic heterocycles. The van der Waals surface area contributed by atoms with Crippen LogP contribution in [-0.4, -0.2) is 18.6 Å². The van der Waals surface area contributed by atoms with Crippen LogP contribution in [0.2, 0.25) is 0 Å². The number of unbranched alkanes of at least 4 members (excludes halogenated alkanes) is 5. The third-order valence-electron chi connectivity index (χ3n) is 2.28. The van der Waals surface area contributed by atoms with Gasteiger partial charge in [-0.1, -0.05) is 39.0 Å². The Labute approximate surface area is 92.6 Å². The molecule has 1 unspecified atom stereocenters. The Morgan fingerprint density at radius 3 is 2.47 bits per heavy atom. The second kappa shape index (κ2) is 9.51. The van der Waals surface area contributed by atoms with Crippen LogP contribution in [-0.2, 0) is 9.53 Å². The molecule has 0 saturated heterocycles. The van der Waals surface area contributed by atoms with Crippen molar-refractivity contribution in [2.45, 2.75) is 58.4 Å². The summed E-state index contributed by atoms with van der Waals surface area (Å²) < 4.78 is 4.95. The van der Waals surface area contributed by atoms with Gasteiger partial charge in [0.1, 0.15) is 0 Å². The molecule has 0 aliphatic carbocycles. The van der Waals surface area contributed by atoms with Gasteiger partial charge in [-0.15, -0.1) is 0 Å². The lowest BCUT2D eigenvalue weighted by molar-refractivity contribution is -0.143. The van der Waals surface area contributed by atoms with Crippen LogP contribution in [0, 0.1) is 6.57 Å². The largest absolute Gasteiger partial charge is 0.460 e. The molecule has 0 aromatic rings. The van der Waals surface area contributed by atoms with E-state index in [4.69, 9.17) is 11.3 Å². The first-order valence-electron chi connectivity index (χ1n) is 5.75. The number of hydrogen-bond acceptors (Lipinski definition) is 2. The van der Waals surface area contributed by atoms with E-state index in [0.29, 0.717) is 6.61 Å². The summed E-state index contributed by atoms with van der Waals surface area (Å²) in [6.45, 7) is 10.9. The zero-order chi connectivity index (χ0) is 11.5. The van der Waals surface area contributed by atoms with E-state index in [0.717, 1.165) is 12.8 Å². The molecule has 0 spiro atoms. The average Bonchev–Trinajstić information content (AvgIpc) is 2.26. The summed E-state index contributed by atoms with van der Waals surface area (Å²) in [5, 5.41) is 0. The second-order valence-corrected chi connectivity index (χ2v) is 3.74. The molecule has 0 aromatic heterocycles. The molecule has 3 nitrogen and oxygen atoms in total. The van der Waals surface area contributed by atoms with Gasteiger partial charge >= 0.3 is 12.0 Å². The molecule has 0 amide bonds. The summed E-state index contributed by atoms with van der Waals surface area (Å²) >= 11 is 0. The zero-order valence-electron chi connectivity index (χ0n) is 9.79. The van der Waals surface area contributed by atoms with Crippen LogP contribution in [0.15, 0.2) is 0 Å². The summed E-state index contributed by atoms with van der Waals surface area (Å²) in [7, 11) is 0. The fourth-order valence-corrected chi connectivity index (χ4v) is 1.23. The Morgan fingerprint density at radius 1 is 1.27 bits per heavy atom. The molecule has 0 N–H and O–H groups in total. The molecule has 86 valence electrons. The third kappa shape index (κ3) is 7.99. The highest BCUT2D eigenvalue weighted by atomic mass is 16.5. The van der Waals surface area contributed by atoms with Crippen molar-refractivity contribution in [3.05, 3.63) is 11.4 Å². The predicted octanol–water partition coefficient (Wildman–Crippen LogP) is 3.20. The van der Waals surface area contributed by atoms with Crippen LogP contribution < -0.4 is 0 Å². The van der Waals surface area contributed by atoms with E-state index < -0.39 is 12.0 Å². The Morgan fingerprint density at radius 2 is 1.87 bits per heavy atom. The summed E-state index contributed by atoms with van der Waals surface area (Å²) in [6, 6.07) is -0.648. The fourth-order valence-electron chi connectivity index (χ4n) is 1.23. The molecule has 0 aliphatic rings. The minimum Gasteiger partial charge on any atom is -0.460 e. The molecule has 3 heteroatoms. The second-order valence-electron chi connectivity index (χ2n) is 3.74. The van der Waals surface area contributed by atoms with Crippen LogP contribution in [0.3, 0.4) is 0 Å². The van der Waals surface area contributed by atoms with Gasteiger partial charge in [0.25, 0.3) is 0 Å². The summed E-state index contributed by atoms with van der Waals surface area (Å²) in [4.78, 5) is 14.2. The van der Waals surface area contributed by atoms with E-state index in [1.807, 2.05) is 0 Å². The molecular weight excluding hydrogens is 190 g/mol. The van der Waals surface area contributed by atoms with Crippen molar-refractivity contribution in [2.75, 3.05) is 6.61 Å². The summed E-state index contributed by atoms with van der Waals surface area (Å²) in [5.41, 5.74) is 0. The molecule has 0 radical (unpaired) electrons. The first-order valence-corrected chi connectivity index (χ1v) is 5.75. The van der Waals surface area contributed by atoms with Crippen LogP contribution in [0.25, 0.3) is 4.85 Å². The number of nitrogens with zero attached hydrogens (tertiary/aromatic N) is 1. The highest BCUT2D eigenvalue weighted by Gasteiger charge is 2.17. The topological polar surface area (TPSA) is 30.7 Å². The van der Waals surface area contributed by atoms with Crippen molar-refractivity contribution in [2.24, 2.45) is 0 Å². The average molecular weight is 211 g/mol. The van der Waals surface area contributed by atoms with Gasteiger partial charge in [-0.05, 0) is 6.42 Å². The van der Waals surface area contributed by atoms with Gasteiger partial charge in [0.15, 0.2) is 0 Å². The fraction of sp³-hybridized carbons (Fsp3) is 0.833. The Bertz CT molecular complexity index is 208. The van der Waals surface area contributed by atoms with Crippen molar-refractivity contribution in [3.63, 3.8) is 0 Å². The van der Waals surface area contributed by atoms with Gasteiger partial charge in [0, 0.05) is 6.92 Å². The lowest BCUT2D eigenvalue weighted by Crippen LogP contribution is -2.17. The number of carbonyl (C=O) groups is 1. The predicted molar refractivity (Wildman–Crippen MR) is 60.4 cm³/mol. The van der Waals surface area contributed by atoms with E-state index in [-0.39, 0.29) is 0 Å². The number of carbonyl (C=O) groups excluding carboxylic acids is 1. The standard InChI is InChI=1S/C12H21NO2/c1-4-5-6-7-8-9-10-15-12(14)11(2)13-3/h11H,4-10H2,1-2H3. The maximum Gasteiger partial charge on any atom is 0.389 e. The smallest absolute Gasteiger partial charge is 0.389 e. The van der Waals surface area contributed by atoms with Crippen LogP contribution >= 0.6 is 0 Å². The molecular formula is C12H21NO2. The number of esters is 1. The molecule has 0 bridgehead atoms. The first kappa shape index (κ1) is 14.0. The van der Waals surface area contributed by atoms with Crippen LogP contribution in [0.1, 0.15) is 52.4 Å². The highest BCUT2D eigenvalue weighted by Crippen LogP contribution is 2.05. The Balaban J connectivity index is 3.25. The monoisotopic (exact) mass is 211 g/mol. The van der Waals surface area contributed by atoms with E-state index in [1.165, 1.54) is 25.7 Å². The minimum atomic E-state index is -0.648. The van der Waals surface area contributed by atoms with E-state index in [1.54, 1.807) is 6.92 Å². The van der Waals surface area contributed by atoms with Gasteiger partial charge in [-0.3, -0.25) is 0 Å². The van der Waals surface area contributed by atoms with Crippen molar-refractivity contribution in [1.29, 1.82) is 0 Å². The zero-order valence-corrected chi connectivity index (χ0v) is 9.79. The van der Waals surface area contributed by atoms with Crippen molar-refractivity contribution >= 4 is 5.97 Å². The molecule has 0 saturated carbocycles. The van der Waals surface area contributed by atoms with E-state index in [2.05, 4.69) is 11.8 Å². The molecule has 1 atom stereocenters. The quantitative estimate of drug-likeness (QED) is 0.350. The molecule has 15 heavy (non-hydrogen) atoms. The molecule has 0 heterocycles. The van der Waals surface area contributed by atoms with E-state index >= 15 is 0 Å². The van der Waals surface area contributed by atoms with Crippen molar-refractivity contribution < 1.29 is 9.53 Å². The minimum absolute atomic E-state index is 0.390. The first-order chi connectivity index (χ1) is 7.22. The van der Waals surface area contributed by atoms with Gasteiger partial charge in [0.05, 0.1) is 6.61 Å². The van der Waals surface area contributed by atoms with Crippen molar-refractivity contribution in [1.82, 2.24) is 0 Å². The Hall–Kier alpha value is -1.04. The summed E-state index contributed by atoms with van der Waals surface area (Å²) in [6.07, 6.45) is 7.04. The SMILES string of the molecule is [C-]#[N+]C(C)C(=O)OCCCCCCCC. The molecule has 0 fully saturated rings. The van der Waals surface area contributed by atoms with Crippen molar-refractivity contribution in [3.8, 4) is 0 Å². The lowest BCUT2D eigenvalue weighted by atomic mass is 10.1. The third-order valence-corrected chi connectivity index (χ3v) is 2.28. The van der Waals surface area contributed by atoms with Gasteiger partial charge in [-0.25, -0.2) is 11.4 Å². The lowest BCUT2D eigenvalue weighted by Gasteiger charge is -2.03. The number of hydrogen-bond donors (Lipinski definition) is 0. The molecule has 0 rings (SSSR count).